The van der Waals surface area contributed by atoms with E-state index >= 15 is 0 Å². The maximum Gasteiger partial charge on any atom is 0.408 e. The molecule has 0 aromatic rings. The topological polar surface area (TPSA) is 103 Å². The number of carbonyl (C=O) groups excluding carboxylic acids is 2. The average molecular weight is 366 g/mol. The fraction of sp³-hybridized carbons (Fsp3) is 0.867. The van der Waals surface area contributed by atoms with Crippen molar-refractivity contribution in [3.05, 3.63) is 0 Å². The lowest BCUT2D eigenvalue weighted by atomic mass is 10.2. The summed E-state index contributed by atoms with van der Waals surface area (Å²) >= 11 is 0. The van der Waals surface area contributed by atoms with Crippen LogP contribution in [0.15, 0.2) is 0 Å². The summed E-state index contributed by atoms with van der Waals surface area (Å²) < 4.78 is 28.5. The summed E-state index contributed by atoms with van der Waals surface area (Å²) in [7, 11) is -3.56. The van der Waals surface area contributed by atoms with Crippen molar-refractivity contribution in [1.29, 1.82) is 0 Å². The monoisotopic (exact) mass is 366 g/mol. The van der Waals surface area contributed by atoms with Gasteiger partial charge in [-0.2, -0.15) is 0 Å². The molecule has 0 aliphatic heterocycles. The first-order valence-corrected chi connectivity index (χ1v) is 9.53. The van der Waals surface area contributed by atoms with Crippen molar-refractivity contribution >= 4 is 19.6 Å². The molecule has 2 N–H and O–H groups in total. The minimum absolute atomic E-state index is 0.183. The molecular weight excluding hydrogens is 335 g/mol. The van der Waals surface area contributed by atoms with Gasteiger partial charge >= 0.3 is 13.7 Å². The maximum absolute atomic E-state index is 12.8. The molecule has 0 spiro atoms. The highest BCUT2D eigenvalue weighted by atomic mass is 31.2. The second-order valence-electron chi connectivity index (χ2n) is 6.75. The van der Waals surface area contributed by atoms with Crippen molar-refractivity contribution in [3.63, 3.8) is 0 Å². The van der Waals surface area contributed by atoms with Crippen molar-refractivity contribution in [2.24, 2.45) is 0 Å². The number of hydrogen-bond acceptors (Lipinski definition) is 6. The lowest BCUT2D eigenvalue weighted by molar-refractivity contribution is -0.123. The summed E-state index contributed by atoms with van der Waals surface area (Å²) in [5.41, 5.74) is -0.667. The molecule has 0 aliphatic carbocycles. The predicted molar refractivity (Wildman–Crippen MR) is 91.9 cm³/mol. The van der Waals surface area contributed by atoms with Crippen LogP contribution in [0, 0.1) is 0 Å². The van der Waals surface area contributed by atoms with Gasteiger partial charge in [0.25, 0.3) is 0 Å². The van der Waals surface area contributed by atoms with Gasteiger partial charge in [0.2, 0.25) is 5.91 Å². The van der Waals surface area contributed by atoms with E-state index in [-0.39, 0.29) is 13.2 Å². The number of rotatable bonds is 8. The van der Waals surface area contributed by atoms with Crippen LogP contribution in [0.5, 0.6) is 0 Å². The van der Waals surface area contributed by atoms with Crippen LogP contribution in [0.25, 0.3) is 0 Å². The van der Waals surface area contributed by atoms with E-state index in [1.165, 1.54) is 6.92 Å². The average Bonchev–Trinajstić information content (AvgIpc) is 2.35. The van der Waals surface area contributed by atoms with E-state index in [0.717, 1.165) is 0 Å². The van der Waals surface area contributed by atoms with Gasteiger partial charge in [0.15, 0.2) is 0 Å². The van der Waals surface area contributed by atoms with Crippen LogP contribution in [-0.4, -0.2) is 42.1 Å². The fourth-order valence-electron chi connectivity index (χ4n) is 1.73. The quantitative estimate of drug-likeness (QED) is 0.640. The molecule has 0 saturated carbocycles. The second-order valence-corrected chi connectivity index (χ2v) is 9.38. The molecule has 9 heteroatoms. The Morgan fingerprint density at radius 1 is 1.04 bits per heavy atom. The molecule has 0 aromatic carbocycles. The van der Waals surface area contributed by atoms with Gasteiger partial charge < -0.3 is 24.4 Å². The lowest BCUT2D eigenvalue weighted by Gasteiger charge is -2.34. The largest absolute Gasteiger partial charge is 0.444 e. The lowest BCUT2D eigenvalue weighted by Crippen LogP contribution is -2.52. The third-order valence-corrected chi connectivity index (χ3v) is 5.52. The molecule has 2 amide bonds. The molecule has 0 aliphatic rings. The molecule has 24 heavy (non-hydrogen) atoms. The number of hydrogen-bond donors (Lipinski definition) is 2. The minimum atomic E-state index is -3.56. The van der Waals surface area contributed by atoms with Gasteiger partial charge in [-0.1, -0.05) is 0 Å². The first kappa shape index (κ1) is 22.9. The maximum atomic E-state index is 12.8. The second kappa shape index (κ2) is 8.83. The van der Waals surface area contributed by atoms with E-state index in [1.807, 2.05) is 0 Å². The molecule has 0 aromatic heterocycles. The zero-order chi connectivity index (χ0) is 19.2. The Morgan fingerprint density at radius 3 is 1.88 bits per heavy atom. The normalized spacial score (nSPS) is 14.0. The highest BCUT2D eigenvalue weighted by Crippen LogP contribution is 2.58. The van der Waals surface area contributed by atoms with Gasteiger partial charge in [0.05, 0.1) is 13.2 Å². The van der Waals surface area contributed by atoms with Crippen LogP contribution in [0.3, 0.4) is 0 Å². The number of amides is 2. The molecule has 1 unspecified atom stereocenters. The summed E-state index contributed by atoms with van der Waals surface area (Å²) in [6, 6.07) is -0.879. The van der Waals surface area contributed by atoms with Crippen molar-refractivity contribution < 1.29 is 27.9 Å². The standard InChI is InChI=1S/C15H31N2O6P/c1-9-21-24(20,22-10-2)15(7,8)17-12(18)11(3)16-13(19)23-14(4,5)6/h11H,9-10H2,1-8H3,(H,16,19)(H,17,18). The molecule has 0 bridgehead atoms. The smallest absolute Gasteiger partial charge is 0.408 e. The molecule has 0 radical (unpaired) electrons. The van der Waals surface area contributed by atoms with E-state index in [9.17, 15) is 14.2 Å². The Kier molecular flexibility index (Phi) is 8.42. The van der Waals surface area contributed by atoms with Gasteiger partial charge in [0, 0.05) is 0 Å². The molecule has 0 fully saturated rings. The predicted octanol–water partition coefficient (Wildman–Crippen LogP) is 3.02. The van der Waals surface area contributed by atoms with Crippen LogP contribution in [0.4, 0.5) is 4.79 Å². The van der Waals surface area contributed by atoms with E-state index in [1.54, 1.807) is 48.5 Å². The Hall–Kier alpha value is -1.11. The Labute approximate surface area is 144 Å². The summed E-state index contributed by atoms with van der Waals surface area (Å²) in [6.07, 6.45) is -0.708. The van der Waals surface area contributed by atoms with Crippen molar-refractivity contribution in [2.45, 2.75) is 72.3 Å². The van der Waals surface area contributed by atoms with Crippen LogP contribution in [0.1, 0.15) is 55.4 Å². The molecule has 0 rings (SSSR count). The molecular formula is C15H31N2O6P. The Morgan fingerprint density at radius 2 is 1.50 bits per heavy atom. The summed E-state index contributed by atoms with van der Waals surface area (Å²) in [5, 5.41) is 3.79. The van der Waals surface area contributed by atoms with Gasteiger partial charge in [-0.15, -0.1) is 0 Å². The summed E-state index contributed by atoms with van der Waals surface area (Å²) in [5.74, 6) is -0.523. The van der Waals surface area contributed by atoms with Gasteiger partial charge in [0.1, 0.15) is 16.9 Å². The van der Waals surface area contributed by atoms with Crippen molar-refractivity contribution in [3.8, 4) is 0 Å². The van der Waals surface area contributed by atoms with E-state index in [2.05, 4.69) is 10.6 Å². The first-order chi connectivity index (χ1) is 10.8. The van der Waals surface area contributed by atoms with E-state index in [0.29, 0.717) is 0 Å². The molecule has 1 atom stereocenters. The third-order valence-electron chi connectivity index (χ3n) is 2.84. The number of ether oxygens (including phenoxy) is 1. The summed E-state index contributed by atoms with van der Waals surface area (Å²) in [4.78, 5) is 24.0. The number of alkyl carbamates (subject to hydrolysis) is 1. The Balaban J connectivity index is 4.93. The van der Waals surface area contributed by atoms with Gasteiger partial charge in [-0.05, 0) is 55.4 Å². The van der Waals surface area contributed by atoms with E-state index < -0.39 is 36.5 Å². The molecule has 0 heterocycles. The molecule has 142 valence electrons. The third kappa shape index (κ3) is 7.20. The molecule has 0 saturated heterocycles. The zero-order valence-corrected chi connectivity index (χ0v) is 16.8. The van der Waals surface area contributed by atoms with Crippen LogP contribution in [-0.2, 0) is 23.1 Å². The SMILES string of the molecule is CCOP(=O)(OCC)C(C)(C)NC(=O)C(C)NC(=O)OC(C)(C)C. The van der Waals surface area contributed by atoms with Crippen LogP contribution < -0.4 is 10.6 Å². The molecule has 8 nitrogen and oxygen atoms in total. The summed E-state index contributed by atoms with van der Waals surface area (Å²) in [6.45, 7) is 13.5. The minimum Gasteiger partial charge on any atom is -0.444 e. The first-order valence-electron chi connectivity index (χ1n) is 7.98. The highest BCUT2D eigenvalue weighted by molar-refractivity contribution is 7.55. The fourth-order valence-corrected chi connectivity index (χ4v) is 3.38. The van der Waals surface area contributed by atoms with Gasteiger partial charge in [-0.25, -0.2) is 4.79 Å². The highest BCUT2D eigenvalue weighted by Gasteiger charge is 2.45. The Bertz CT molecular complexity index is 477. The number of carbonyl (C=O) groups is 2. The van der Waals surface area contributed by atoms with Crippen molar-refractivity contribution in [1.82, 2.24) is 10.6 Å². The van der Waals surface area contributed by atoms with E-state index in [4.69, 9.17) is 13.8 Å². The number of nitrogens with one attached hydrogen (secondary N) is 2. The van der Waals surface area contributed by atoms with Crippen LogP contribution in [0.2, 0.25) is 0 Å². The van der Waals surface area contributed by atoms with Crippen LogP contribution >= 0.6 is 7.60 Å². The van der Waals surface area contributed by atoms with Crippen molar-refractivity contribution in [2.75, 3.05) is 13.2 Å². The van der Waals surface area contributed by atoms with Gasteiger partial charge in [-0.3, -0.25) is 9.36 Å². The zero-order valence-electron chi connectivity index (χ0n) is 15.9.